The van der Waals surface area contributed by atoms with E-state index in [0.29, 0.717) is 16.9 Å². The first kappa shape index (κ1) is 20.2. The minimum Gasteiger partial charge on any atom is -0.491 e. The lowest BCUT2D eigenvalue weighted by atomic mass is 10.1. The maximum Gasteiger partial charge on any atom is 0.244 e. The number of anilines is 2. The highest BCUT2D eigenvalue weighted by atomic mass is 16.5. The Bertz CT molecular complexity index is 811. The molecule has 0 saturated heterocycles. The zero-order valence-electron chi connectivity index (χ0n) is 16.0. The predicted octanol–water partition coefficient (Wildman–Crippen LogP) is 3.67. The van der Waals surface area contributed by atoms with Crippen LogP contribution in [0.5, 0.6) is 5.75 Å². The second-order valence-electron chi connectivity index (χ2n) is 6.45. The quantitative estimate of drug-likeness (QED) is 0.757. The van der Waals surface area contributed by atoms with Crippen LogP contribution in [0.1, 0.15) is 38.1 Å². The van der Waals surface area contributed by atoms with Crippen LogP contribution in [0, 0.1) is 0 Å². The summed E-state index contributed by atoms with van der Waals surface area (Å²) in [6.45, 7) is 6.62. The van der Waals surface area contributed by atoms with Gasteiger partial charge in [0.25, 0.3) is 0 Å². The fraction of sp³-hybridized carbons (Fsp3) is 0.286. The maximum absolute atomic E-state index is 12.3. The second kappa shape index (κ2) is 8.98. The van der Waals surface area contributed by atoms with E-state index in [-0.39, 0.29) is 30.2 Å². The van der Waals surface area contributed by atoms with Crippen molar-refractivity contribution in [3.63, 3.8) is 0 Å². The molecule has 142 valence electrons. The molecule has 2 aromatic carbocycles. The minimum absolute atomic E-state index is 0.0569. The number of carbonyl (C=O) groups excluding carboxylic acids is 3. The summed E-state index contributed by atoms with van der Waals surface area (Å²) in [5, 5.41) is 2.76. The molecule has 0 spiro atoms. The third-order valence-corrected chi connectivity index (χ3v) is 3.78. The Morgan fingerprint density at radius 3 is 2.04 bits per heavy atom. The first-order valence-corrected chi connectivity index (χ1v) is 8.72. The van der Waals surface area contributed by atoms with Crippen molar-refractivity contribution in [2.24, 2.45) is 0 Å². The van der Waals surface area contributed by atoms with Gasteiger partial charge in [-0.1, -0.05) is 0 Å². The summed E-state index contributed by atoms with van der Waals surface area (Å²) < 4.78 is 5.56. The number of nitrogens with zero attached hydrogens (tertiary/aromatic N) is 1. The molecule has 0 aliphatic rings. The monoisotopic (exact) mass is 368 g/mol. The average molecular weight is 368 g/mol. The highest BCUT2D eigenvalue weighted by Gasteiger charge is 2.16. The lowest BCUT2D eigenvalue weighted by molar-refractivity contribution is -0.120. The summed E-state index contributed by atoms with van der Waals surface area (Å²) in [6.07, 6.45) is 0.0731. The number of nitrogens with one attached hydrogen (secondary N) is 1. The van der Waals surface area contributed by atoms with E-state index in [1.54, 1.807) is 48.5 Å². The Balaban J connectivity index is 2.04. The molecule has 2 amide bonds. The molecule has 0 saturated carbocycles. The van der Waals surface area contributed by atoms with Crippen molar-refractivity contribution < 1.29 is 19.1 Å². The van der Waals surface area contributed by atoms with Gasteiger partial charge in [0.15, 0.2) is 5.78 Å². The Labute approximate surface area is 159 Å². The highest BCUT2D eigenvalue weighted by Crippen LogP contribution is 2.18. The number of Topliss-reactive ketones (excluding diaryl/α,β-unsaturated/α-hetero) is 1. The van der Waals surface area contributed by atoms with Crippen molar-refractivity contribution >= 4 is 29.0 Å². The molecule has 0 radical (unpaired) electrons. The SMILES string of the molecule is CC(=O)c1ccc(N(CC(=O)Nc2ccc(OC(C)C)cc2)C(C)=O)cc1. The highest BCUT2D eigenvalue weighted by molar-refractivity contribution is 6.02. The summed E-state index contributed by atoms with van der Waals surface area (Å²) in [4.78, 5) is 37.0. The van der Waals surface area contributed by atoms with Gasteiger partial charge in [-0.15, -0.1) is 0 Å². The average Bonchev–Trinajstić information content (AvgIpc) is 2.61. The molecule has 0 fully saturated rings. The third-order valence-electron chi connectivity index (χ3n) is 3.78. The van der Waals surface area contributed by atoms with E-state index in [2.05, 4.69) is 5.32 Å². The van der Waals surface area contributed by atoms with Crippen LogP contribution in [0.4, 0.5) is 11.4 Å². The fourth-order valence-corrected chi connectivity index (χ4v) is 2.49. The van der Waals surface area contributed by atoms with Crippen LogP contribution in [-0.4, -0.2) is 30.2 Å². The third kappa shape index (κ3) is 5.95. The summed E-state index contributed by atoms with van der Waals surface area (Å²) in [5.41, 5.74) is 1.73. The Hall–Kier alpha value is -3.15. The van der Waals surface area contributed by atoms with Gasteiger partial charge in [0.05, 0.1) is 6.10 Å². The first-order chi connectivity index (χ1) is 12.8. The first-order valence-electron chi connectivity index (χ1n) is 8.72. The van der Waals surface area contributed by atoms with Gasteiger partial charge >= 0.3 is 0 Å². The molecular formula is C21H24N2O4. The van der Waals surface area contributed by atoms with E-state index < -0.39 is 0 Å². The van der Waals surface area contributed by atoms with Crippen molar-refractivity contribution in [2.75, 3.05) is 16.8 Å². The zero-order valence-corrected chi connectivity index (χ0v) is 16.0. The second-order valence-corrected chi connectivity index (χ2v) is 6.45. The number of hydrogen-bond donors (Lipinski definition) is 1. The van der Waals surface area contributed by atoms with E-state index in [1.807, 2.05) is 13.8 Å². The molecule has 1 N–H and O–H groups in total. The van der Waals surface area contributed by atoms with E-state index >= 15 is 0 Å². The molecule has 0 atom stereocenters. The van der Waals surface area contributed by atoms with Gasteiger partial charge in [-0.2, -0.15) is 0 Å². The number of rotatable bonds is 7. The lowest BCUT2D eigenvalue weighted by Gasteiger charge is -2.21. The summed E-state index contributed by atoms with van der Waals surface area (Å²) in [5.74, 6) is 0.0808. The van der Waals surface area contributed by atoms with Crippen LogP contribution < -0.4 is 15.0 Å². The normalized spacial score (nSPS) is 10.4. The van der Waals surface area contributed by atoms with E-state index in [4.69, 9.17) is 4.74 Å². The molecule has 2 rings (SSSR count). The van der Waals surface area contributed by atoms with Gasteiger partial charge < -0.3 is 15.0 Å². The van der Waals surface area contributed by atoms with Crippen molar-refractivity contribution in [1.82, 2.24) is 0 Å². The Kier molecular flexibility index (Phi) is 6.71. The Morgan fingerprint density at radius 1 is 0.963 bits per heavy atom. The molecule has 0 aliphatic carbocycles. The lowest BCUT2D eigenvalue weighted by Crippen LogP contribution is -2.36. The molecule has 0 heterocycles. The Morgan fingerprint density at radius 2 is 1.56 bits per heavy atom. The predicted molar refractivity (Wildman–Crippen MR) is 105 cm³/mol. The molecule has 0 unspecified atom stereocenters. The summed E-state index contributed by atoms with van der Waals surface area (Å²) in [7, 11) is 0. The number of ether oxygens (including phenoxy) is 1. The zero-order chi connectivity index (χ0) is 20.0. The molecule has 27 heavy (non-hydrogen) atoms. The van der Waals surface area contributed by atoms with Crippen LogP contribution in [-0.2, 0) is 9.59 Å². The van der Waals surface area contributed by atoms with Crippen LogP contribution in [0.15, 0.2) is 48.5 Å². The number of benzene rings is 2. The number of hydrogen-bond acceptors (Lipinski definition) is 4. The molecular weight excluding hydrogens is 344 g/mol. The molecule has 6 nitrogen and oxygen atoms in total. The minimum atomic E-state index is -0.321. The van der Waals surface area contributed by atoms with Gasteiger partial charge in [0.1, 0.15) is 12.3 Å². The molecule has 2 aromatic rings. The van der Waals surface area contributed by atoms with Gasteiger partial charge in [-0.25, -0.2) is 0 Å². The van der Waals surface area contributed by atoms with Crippen LogP contribution in [0.25, 0.3) is 0 Å². The number of ketones is 1. The summed E-state index contributed by atoms with van der Waals surface area (Å²) in [6, 6.07) is 13.6. The smallest absolute Gasteiger partial charge is 0.244 e. The molecule has 6 heteroatoms. The van der Waals surface area contributed by atoms with E-state index in [9.17, 15) is 14.4 Å². The van der Waals surface area contributed by atoms with Gasteiger partial charge in [0.2, 0.25) is 11.8 Å². The molecule has 0 aliphatic heterocycles. The van der Waals surface area contributed by atoms with Crippen molar-refractivity contribution in [3.8, 4) is 5.75 Å². The van der Waals surface area contributed by atoms with Crippen molar-refractivity contribution in [1.29, 1.82) is 0 Å². The molecule has 0 aromatic heterocycles. The van der Waals surface area contributed by atoms with Crippen LogP contribution in [0.3, 0.4) is 0 Å². The topological polar surface area (TPSA) is 75.7 Å². The molecule has 0 bridgehead atoms. The van der Waals surface area contributed by atoms with Crippen LogP contribution >= 0.6 is 0 Å². The number of amides is 2. The van der Waals surface area contributed by atoms with Gasteiger partial charge in [-0.3, -0.25) is 14.4 Å². The van der Waals surface area contributed by atoms with Gasteiger partial charge in [-0.05, 0) is 69.3 Å². The summed E-state index contributed by atoms with van der Waals surface area (Å²) >= 11 is 0. The maximum atomic E-state index is 12.3. The standard InChI is InChI=1S/C21H24N2O4/c1-14(2)27-20-11-7-18(8-12-20)22-21(26)13-23(16(4)25)19-9-5-17(6-10-19)15(3)24/h5-12,14H,13H2,1-4H3,(H,22,26). The van der Waals surface area contributed by atoms with Gasteiger partial charge in [0, 0.05) is 23.9 Å². The largest absolute Gasteiger partial charge is 0.491 e. The van der Waals surface area contributed by atoms with Crippen LogP contribution in [0.2, 0.25) is 0 Å². The fourth-order valence-electron chi connectivity index (χ4n) is 2.49. The van der Waals surface area contributed by atoms with E-state index in [0.717, 1.165) is 5.75 Å². The van der Waals surface area contributed by atoms with Crippen molar-refractivity contribution in [3.05, 3.63) is 54.1 Å². The number of carbonyl (C=O) groups is 3. The van der Waals surface area contributed by atoms with Crippen molar-refractivity contribution in [2.45, 2.75) is 33.8 Å². The van der Waals surface area contributed by atoms with E-state index in [1.165, 1.54) is 18.7 Å².